The van der Waals surface area contributed by atoms with E-state index in [1.165, 1.54) is 5.56 Å². The van der Waals surface area contributed by atoms with Crippen LogP contribution in [-0.2, 0) is 12.8 Å². The summed E-state index contributed by atoms with van der Waals surface area (Å²) in [6.07, 6.45) is 4.92. The van der Waals surface area contributed by atoms with E-state index in [2.05, 4.69) is 49.5 Å². The van der Waals surface area contributed by atoms with Gasteiger partial charge >= 0.3 is 0 Å². The lowest BCUT2D eigenvalue weighted by molar-refractivity contribution is 0.423. The first kappa shape index (κ1) is 13.9. The number of nitrogens with one attached hydrogen (secondary N) is 1. The zero-order valence-corrected chi connectivity index (χ0v) is 11.8. The van der Waals surface area contributed by atoms with Gasteiger partial charge in [0.25, 0.3) is 0 Å². The summed E-state index contributed by atoms with van der Waals surface area (Å²) in [5.41, 5.74) is 1.39. The normalized spacial score (nSPS) is 14.2. The van der Waals surface area contributed by atoms with Crippen LogP contribution in [0.2, 0.25) is 0 Å². The van der Waals surface area contributed by atoms with E-state index in [-0.39, 0.29) is 0 Å². The molecule has 0 aliphatic carbocycles. The fraction of sp³-hybridized carbons (Fsp3) is 0.412. The molecule has 0 saturated heterocycles. The van der Waals surface area contributed by atoms with Crippen molar-refractivity contribution in [1.82, 2.24) is 5.32 Å². The van der Waals surface area contributed by atoms with E-state index in [1.54, 1.807) is 6.26 Å². The maximum Gasteiger partial charge on any atom is 0.103 e. The van der Waals surface area contributed by atoms with E-state index >= 15 is 0 Å². The highest BCUT2D eigenvalue weighted by molar-refractivity contribution is 5.15. The third kappa shape index (κ3) is 4.92. The smallest absolute Gasteiger partial charge is 0.103 e. The molecule has 2 heteroatoms. The first-order valence-corrected chi connectivity index (χ1v) is 7.06. The number of furan rings is 1. The summed E-state index contributed by atoms with van der Waals surface area (Å²) >= 11 is 0. The molecule has 0 bridgehead atoms. The number of hydrogen-bond donors (Lipinski definition) is 1. The topological polar surface area (TPSA) is 25.2 Å². The fourth-order valence-corrected chi connectivity index (χ4v) is 2.41. The minimum atomic E-state index is 0.494. The standard InChI is InChI=1S/C17H23NO/c1-14(10-11-17-9-6-12-19-17)18-15(2)13-16-7-4-3-5-8-16/h3-9,12,14-15,18H,10-11,13H2,1-2H3. The zero-order valence-electron chi connectivity index (χ0n) is 11.8. The molecular formula is C17H23NO. The van der Waals surface area contributed by atoms with Crippen molar-refractivity contribution in [3.8, 4) is 0 Å². The van der Waals surface area contributed by atoms with Crippen LogP contribution in [0.4, 0.5) is 0 Å². The molecule has 19 heavy (non-hydrogen) atoms. The first-order chi connectivity index (χ1) is 9.24. The fourth-order valence-electron chi connectivity index (χ4n) is 2.41. The number of rotatable bonds is 7. The van der Waals surface area contributed by atoms with Gasteiger partial charge in [-0.1, -0.05) is 30.3 Å². The molecule has 0 aliphatic rings. The van der Waals surface area contributed by atoms with Gasteiger partial charge in [-0.25, -0.2) is 0 Å². The van der Waals surface area contributed by atoms with Crippen LogP contribution >= 0.6 is 0 Å². The van der Waals surface area contributed by atoms with Crippen LogP contribution in [0.3, 0.4) is 0 Å². The molecule has 2 unspecified atom stereocenters. The van der Waals surface area contributed by atoms with Crippen LogP contribution < -0.4 is 5.32 Å². The minimum Gasteiger partial charge on any atom is -0.469 e. The quantitative estimate of drug-likeness (QED) is 0.815. The Morgan fingerprint density at radius 1 is 1.00 bits per heavy atom. The molecule has 0 aliphatic heterocycles. The van der Waals surface area contributed by atoms with Gasteiger partial charge in [-0.05, 0) is 44.4 Å². The number of hydrogen-bond acceptors (Lipinski definition) is 2. The van der Waals surface area contributed by atoms with Crippen LogP contribution in [0.15, 0.2) is 53.1 Å². The lowest BCUT2D eigenvalue weighted by Gasteiger charge is -2.19. The highest BCUT2D eigenvalue weighted by atomic mass is 16.3. The van der Waals surface area contributed by atoms with Crippen molar-refractivity contribution in [1.29, 1.82) is 0 Å². The Morgan fingerprint density at radius 3 is 2.47 bits per heavy atom. The summed E-state index contributed by atoms with van der Waals surface area (Å²) in [6.45, 7) is 4.49. The zero-order chi connectivity index (χ0) is 13.5. The molecule has 102 valence electrons. The molecule has 2 atom stereocenters. The average Bonchev–Trinajstić information content (AvgIpc) is 2.90. The second-order valence-corrected chi connectivity index (χ2v) is 5.28. The van der Waals surface area contributed by atoms with Crippen molar-refractivity contribution in [2.24, 2.45) is 0 Å². The monoisotopic (exact) mass is 257 g/mol. The van der Waals surface area contributed by atoms with Gasteiger partial charge in [0.1, 0.15) is 5.76 Å². The van der Waals surface area contributed by atoms with Gasteiger partial charge in [-0.15, -0.1) is 0 Å². The molecule has 2 rings (SSSR count). The summed E-state index contributed by atoms with van der Waals surface area (Å²) in [5, 5.41) is 3.65. The molecular weight excluding hydrogens is 234 g/mol. The van der Waals surface area contributed by atoms with E-state index < -0.39 is 0 Å². The molecule has 1 heterocycles. The van der Waals surface area contributed by atoms with Gasteiger partial charge in [0.2, 0.25) is 0 Å². The van der Waals surface area contributed by atoms with Crippen molar-refractivity contribution in [2.75, 3.05) is 0 Å². The summed E-state index contributed by atoms with van der Waals surface area (Å²) in [7, 11) is 0. The van der Waals surface area contributed by atoms with Crippen molar-refractivity contribution < 1.29 is 4.42 Å². The van der Waals surface area contributed by atoms with Gasteiger partial charge < -0.3 is 9.73 Å². The summed E-state index contributed by atoms with van der Waals surface area (Å²) in [4.78, 5) is 0. The second-order valence-electron chi connectivity index (χ2n) is 5.28. The van der Waals surface area contributed by atoms with E-state index in [0.29, 0.717) is 12.1 Å². The van der Waals surface area contributed by atoms with E-state index in [0.717, 1.165) is 25.0 Å². The highest BCUT2D eigenvalue weighted by Crippen LogP contribution is 2.08. The lowest BCUT2D eigenvalue weighted by Crippen LogP contribution is -2.36. The molecule has 0 amide bonds. The second kappa shape index (κ2) is 7.15. The van der Waals surface area contributed by atoms with Gasteiger partial charge in [0, 0.05) is 18.5 Å². The number of aryl methyl sites for hydroxylation is 1. The van der Waals surface area contributed by atoms with Crippen molar-refractivity contribution >= 4 is 0 Å². The molecule has 1 aromatic carbocycles. The third-order valence-corrected chi connectivity index (χ3v) is 3.36. The van der Waals surface area contributed by atoms with Crippen LogP contribution in [0.25, 0.3) is 0 Å². The molecule has 0 spiro atoms. The van der Waals surface area contributed by atoms with E-state index in [1.807, 2.05) is 12.1 Å². The molecule has 2 aromatic rings. The SMILES string of the molecule is CC(CCc1ccco1)NC(C)Cc1ccccc1. The number of benzene rings is 1. The summed E-state index contributed by atoms with van der Waals surface area (Å²) in [6, 6.07) is 15.6. The Bertz CT molecular complexity index is 449. The van der Waals surface area contributed by atoms with Crippen molar-refractivity contribution in [2.45, 2.75) is 45.2 Å². The van der Waals surface area contributed by atoms with Crippen molar-refractivity contribution in [3.05, 3.63) is 60.1 Å². The molecule has 2 nitrogen and oxygen atoms in total. The van der Waals surface area contributed by atoms with Crippen LogP contribution in [0.5, 0.6) is 0 Å². The average molecular weight is 257 g/mol. The largest absolute Gasteiger partial charge is 0.469 e. The van der Waals surface area contributed by atoms with Crippen LogP contribution in [-0.4, -0.2) is 12.1 Å². The maximum absolute atomic E-state index is 5.36. The molecule has 0 fully saturated rings. The minimum absolute atomic E-state index is 0.494. The Kier molecular flexibility index (Phi) is 5.22. The van der Waals surface area contributed by atoms with E-state index in [9.17, 15) is 0 Å². The van der Waals surface area contributed by atoms with Crippen molar-refractivity contribution in [3.63, 3.8) is 0 Å². The van der Waals surface area contributed by atoms with Crippen LogP contribution in [0.1, 0.15) is 31.6 Å². The molecule has 0 radical (unpaired) electrons. The predicted molar refractivity (Wildman–Crippen MR) is 79.2 cm³/mol. The highest BCUT2D eigenvalue weighted by Gasteiger charge is 2.08. The molecule has 1 N–H and O–H groups in total. The van der Waals surface area contributed by atoms with Gasteiger partial charge in [-0.3, -0.25) is 0 Å². The van der Waals surface area contributed by atoms with Gasteiger partial charge in [0.15, 0.2) is 0 Å². The van der Waals surface area contributed by atoms with Gasteiger partial charge in [-0.2, -0.15) is 0 Å². The summed E-state index contributed by atoms with van der Waals surface area (Å²) < 4.78 is 5.36. The summed E-state index contributed by atoms with van der Waals surface area (Å²) in [5.74, 6) is 1.07. The Balaban J connectivity index is 1.71. The third-order valence-electron chi connectivity index (χ3n) is 3.36. The molecule has 0 saturated carbocycles. The van der Waals surface area contributed by atoms with Gasteiger partial charge in [0.05, 0.1) is 6.26 Å². The lowest BCUT2D eigenvalue weighted by atomic mass is 10.1. The predicted octanol–water partition coefficient (Wildman–Crippen LogP) is 3.82. The Morgan fingerprint density at radius 2 is 1.79 bits per heavy atom. The van der Waals surface area contributed by atoms with Crippen LogP contribution in [0, 0.1) is 0 Å². The Hall–Kier alpha value is -1.54. The first-order valence-electron chi connectivity index (χ1n) is 7.06. The maximum atomic E-state index is 5.36. The molecule has 1 aromatic heterocycles. The van der Waals surface area contributed by atoms with E-state index in [4.69, 9.17) is 4.42 Å². The Labute approximate surface area is 115 Å².